The van der Waals surface area contributed by atoms with Crippen molar-refractivity contribution in [1.29, 1.82) is 0 Å². The first-order valence-corrected chi connectivity index (χ1v) is 9.34. The Morgan fingerprint density at radius 2 is 1.89 bits per heavy atom. The van der Waals surface area contributed by atoms with Gasteiger partial charge in [-0.2, -0.15) is 0 Å². The van der Waals surface area contributed by atoms with Gasteiger partial charge in [-0.25, -0.2) is 0 Å². The Bertz CT molecular complexity index is 961. The van der Waals surface area contributed by atoms with E-state index in [4.69, 9.17) is 4.74 Å². The van der Waals surface area contributed by atoms with Crippen molar-refractivity contribution in [2.45, 2.75) is 27.2 Å². The second-order valence-electron chi connectivity index (χ2n) is 7.00. The predicted octanol–water partition coefficient (Wildman–Crippen LogP) is 3.12. The van der Waals surface area contributed by atoms with Gasteiger partial charge in [0.05, 0.1) is 12.7 Å². The van der Waals surface area contributed by atoms with Crippen LogP contribution in [0.1, 0.15) is 27.8 Å². The number of ether oxygens (including phenoxy) is 1. The highest BCUT2D eigenvalue weighted by Crippen LogP contribution is 2.30. The van der Waals surface area contributed by atoms with Gasteiger partial charge in [-0.15, -0.1) is 5.10 Å². The SMILES string of the molecule is Cc1cc(Cc2ccc(-c3cn(C)nn3)cc2)c(C)c(C)c1OCCNC=O. The van der Waals surface area contributed by atoms with Crippen LogP contribution >= 0.6 is 0 Å². The highest BCUT2D eigenvalue weighted by molar-refractivity contribution is 5.58. The molecule has 0 saturated carbocycles. The van der Waals surface area contributed by atoms with Crippen LogP contribution in [0.2, 0.25) is 0 Å². The number of nitrogens with one attached hydrogen (secondary N) is 1. The molecule has 0 radical (unpaired) electrons. The van der Waals surface area contributed by atoms with Gasteiger partial charge in [0.25, 0.3) is 0 Å². The van der Waals surface area contributed by atoms with E-state index in [0.29, 0.717) is 19.6 Å². The fraction of sp³-hybridized carbons (Fsp3) is 0.318. The molecule has 0 aliphatic carbocycles. The molecule has 0 saturated heterocycles. The number of aromatic nitrogens is 3. The third-order valence-corrected chi connectivity index (χ3v) is 4.96. The lowest BCUT2D eigenvalue weighted by atomic mass is 9.93. The summed E-state index contributed by atoms with van der Waals surface area (Å²) in [4.78, 5) is 10.4. The molecule has 0 unspecified atom stereocenters. The van der Waals surface area contributed by atoms with E-state index < -0.39 is 0 Å². The normalized spacial score (nSPS) is 10.7. The molecule has 2 aromatic carbocycles. The van der Waals surface area contributed by atoms with Crippen LogP contribution in [-0.4, -0.2) is 34.6 Å². The number of hydrogen-bond acceptors (Lipinski definition) is 4. The molecule has 1 aromatic heterocycles. The molecule has 6 nitrogen and oxygen atoms in total. The van der Waals surface area contributed by atoms with Crippen molar-refractivity contribution in [3.05, 3.63) is 64.3 Å². The van der Waals surface area contributed by atoms with E-state index >= 15 is 0 Å². The van der Waals surface area contributed by atoms with E-state index in [9.17, 15) is 4.79 Å². The maximum absolute atomic E-state index is 10.4. The summed E-state index contributed by atoms with van der Waals surface area (Å²) in [6.45, 7) is 7.25. The zero-order chi connectivity index (χ0) is 20.1. The molecule has 0 atom stereocenters. The molecule has 1 amide bonds. The molecule has 3 rings (SSSR count). The molecular formula is C22H26N4O2. The second-order valence-corrected chi connectivity index (χ2v) is 7.00. The summed E-state index contributed by atoms with van der Waals surface area (Å²) in [5.41, 5.74) is 7.98. The fourth-order valence-electron chi connectivity index (χ4n) is 3.31. The molecule has 0 fully saturated rings. The van der Waals surface area contributed by atoms with Crippen LogP contribution in [-0.2, 0) is 18.3 Å². The monoisotopic (exact) mass is 378 g/mol. The standard InChI is InChI=1S/C22H26N4O2/c1-15-11-20(16(2)17(3)22(15)28-10-9-23-14-27)12-18-5-7-19(8-6-18)21-13-26(4)25-24-21/h5-8,11,13-14H,9-10,12H2,1-4H3,(H,23,27). The van der Waals surface area contributed by atoms with Gasteiger partial charge in [0.2, 0.25) is 6.41 Å². The molecule has 0 spiro atoms. The van der Waals surface area contributed by atoms with E-state index in [1.165, 1.54) is 16.7 Å². The van der Waals surface area contributed by atoms with Gasteiger partial charge in [-0.05, 0) is 55.0 Å². The fourth-order valence-corrected chi connectivity index (χ4v) is 3.31. The molecular weight excluding hydrogens is 352 g/mol. The minimum absolute atomic E-state index is 0.461. The number of carbonyl (C=O) groups excluding carboxylic acids is 1. The summed E-state index contributed by atoms with van der Waals surface area (Å²) in [5, 5.41) is 10.8. The van der Waals surface area contributed by atoms with Gasteiger partial charge < -0.3 is 10.1 Å². The van der Waals surface area contributed by atoms with E-state index in [0.717, 1.165) is 34.6 Å². The average molecular weight is 378 g/mol. The summed E-state index contributed by atoms with van der Waals surface area (Å²) >= 11 is 0. The van der Waals surface area contributed by atoms with Crippen molar-refractivity contribution in [3.8, 4) is 17.0 Å². The molecule has 3 aromatic rings. The van der Waals surface area contributed by atoms with Crippen molar-refractivity contribution in [2.24, 2.45) is 7.05 Å². The van der Waals surface area contributed by atoms with Gasteiger partial charge in [-0.1, -0.05) is 35.5 Å². The van der Waals surface area contributed by atoms with Gasteiger partial charge in [-0.3, -0.25) is 9.48 Å². The van der Waals surface area contributed by atoms with Gasteiger partial charge >= 0.3 is 0 Å². The number of hydrogen-bond donors (Lipinski definition) is 1. The van der Waals surface area contributed by atoms with Crippen molar-refractivity contribution in [1.82, 2.24) is 20.3 Å². The zero-order valence-electron chi connectivity index (χ0n) is 16.8. The number of amides is 1. The first-order chi connectivity index (χ1) is 13.5. The first-order valence-electron chi connectivity index (χ1n) is 9.34. The van der Waals surface area contributed by atoms with Gasteiger partial charge in [0.15, 0.2) is 0 Å². The Kier molecular flexibility index (Phi) is 6.09. The van der Waals surface area contributed by atoms with Crippen LogP contribution in [0.15, 0.2) is 36.5 Å². The smallest absolute Gasteiger partial charge is 0.207 e. The van der Waals surface area contributed by atoms with Crippen LogP contribution in [0.3, 0.4) is 0 Å². The lowest BCUT2D eigenvalue weighted by Gasteiger charge is -2.17. The summed E-state index contributed by atoms with van der Waals surface area (Å²) < 4.78 is 7.59. The average Bonchev–Trinajstić information content (AvgIpc) is 3.12. The summed E-state index contributed by atoms with van der Waals surface area (Å²) in [6.07, 6.45) is 3.46. The minimum Gasteiger partial charge on any atom is -0.491 e. The molecule has 0 aliphatic rings. The number of aryl methyl sites for hydroxylation is 2. The van der Waals surface area contributed by atoms with Crippen LogP contribution in [0.4, 0.5) is 0 Å². The summed E-state index contributed by atoms with van der Waals surface area (Å²) in [7, 11) is 1.87. The lowest BCUT2D eigenvalue weighted by Crippen LogP contribution is -2.19. The predicted molar refractivity (Wildman–Crippen MR) is 109 cm³/mol. The highest BCUT2D eigenvalue weighted by atomic mass is 16.5. The molecule has 146 valence electrons. The van der Waals surface area contributed by atoms with Crippen molar-refractivity contribution in [3.63, 3.8) is 0 Å². The van der Waals surface area contributed by atoms with E-state index in [-0.39, 0.29) is 0 Å². The largest absolute Gasteiger partial charge is 0.491 e. The second kappa shape index (κ2) is 8.69. The Labute approximate surface area is 165 Å². The number of benzene rings is 2. The molecule has 1 heterocycles. The van der Waals surface area contributed by atoms with Crippen LogP contribution in [0, 0.1) is 20.8 Å². The number of nitrogens with zero attached hydrogens (tertiary/aromatic N) is 3. The van der Waals surface area contributed by atoms with E-state index in [2.05, 4.69) is 66.7 Å². The van der Waals surface area contributed by atoms with Crippen molar-refractivity contribution in [2.75, 3.05) is 13.2 Å². The van der Waals surface area contributed by atoms with Gasteiger partial charge in [0.1, 0.15) is 18.1 Å². The zero-order valence-corrected chi connectivity index (χ0v) is 16.8. The Morgan fingerprint density at radius 1 is 1.14 bits per heavy atom. The van der Waals surface area contributed by atoms with Crippen LogP contribution < -0.4 is 10.1 Å². The quantitative estimate of drug-likeness (QED) is 0.483. The highest BCUT2D eigenvalue weighted by Gasteiger charge is 2.12. The minimum atomic E-state index is 0.461. The molecule has 0 aliphatic heterocycles. The van der Waals surface area contributed by atoms with Crippen molar-refractivity contribution >= 4 is 6.41 Å². The summed E-state index contributed by atoms with van der Waals surface area (Å²) in [6, 6.07) is 10.7. The Hall–Kier alpha value is -3.15. The third-order valence-electron chi connectivity index (χ3n) is 4.96. The van der Waals surface area contributed by atoms with E-state index in [1.807, 2.05) is 13.2 Å². The topological polar surface area (TPSA) is 69.0 Å². The molecule has 6 heteroatoms. The van der Waals surface area contributed by atoms with Crippen LogP contribution in [0.25, 0.3) is 11.3 Å². The maximum atomic E-state index is 10.4. The maximum Gasteiger partial charge on any atom is 0.207 e. The lowest BCUT2D eigenvalue weighted by molar-refractivity contribution is -0.109. The number of carbonyl (C=O) groups is 1. The number of rotatable bonds is 8. The summed E-state index contributed by atoms with van der Waals surface area (Å²) in [5.74, 6) is 0.909. The Morgan fingerprint density at radius 3 is 2.54 bits per heavy atom. The van der Waals surface area contributed by atoms with Crippen LogP contribution in [0.5, 0.6) is 5.75 Å². The Balaban J connectivity index is 1.76. The first kappa shape index (κ1) is 19.6. The van der Waals surface area contributed by atoms with Gasteiger partial charge in [0, 0.05) is 12.6 Å². The molecule has 1 N–H and O–H groups in total. The molecule has 28 heavy (non-hydrogen) atoms. The third kappa shape index (κ3) is 4.39. The molecule has 0 bridgehead atoms. The van der Waals surface area contributed by atoms with E-state index in [1.54, 1.807) is 4.68 Å². The van der Waals surface area contributed by atoms with Crippen molar-refractivity contribution < 1.29 is 9.53 Å².